The fourth-order valence-corrected chi connectivity index (χ4v) is 7.63. The maximum atomic E-state index is 13.5. The molecule has 1 fully saturated rings. The fraction of sp³-hybridized carbons (Fsp3) is 0.167. The van der Waals surface area contributed by atoms with Crippen LogP contribution < -0.4 is 10.2 Å². The number of anilines is 2. The average Bonchev–Trinajstić information content (AvgIpc) is 2.85. The van der Waals surface area contributed by atoms with E-state index in [2.05, 4.69) is 42.1 Å². The van der Waals surface area contributed by atoms with Gasteiger partial charge >= 0.3 is 0 Å². The molecule has 0 amide bonds. The smallest absolute Gasteiger partial charge is 0.219 e. The second-order valence-electron chi connectivity index (χ2n) is 7.67. The van der Waals surface area contributed by atoms with E-state index in [0.717, 1.165) is 25.0 Å². The van der Waals surface area contributed by atoms with Crippen LogP contribution in [0.2, 0.25) is 0 Å². The quantitative estimate of drug-likeness (QED) is 0.379. The summed E-state index contributed by atoms with van der Waals surface area (Å²) in [6, 6.07) is 19.0. The molecule has 0 atom stereocenters. The van der Waals surface area contributed by atoms with Gasteiger partial charge in [-0.2, -0.15) is 0 Å². The summed E-state index contributed by atoms with van der Waals surface area (Å²) in [5.41, 5.74) is 1.56. The lowest BCUT2D eigenvalue weighted by molar-refractivity contribution is 0.122. The van der Waals surface area contributed by atoms with Crippen LogP contribution in [0.15, 0.2) is 102 Å². The van der Waals surface area contributed by atoms with Crippen molar-refractivity contribution >= 4 is 62.9 Å². The van der Waals surface area contributed by atoms with E-state index in [1.165, 1.54) is 24.3 Å². The lowest BCUT2D eigenvalue weighted by Gasteiger charge is -2.28. The number of nitrogens with one attached hydrogen (secondary N) is 1. The van der Waals surface area contributed by atoms with Gasteiger partial charge in [-0.25, -0.2) is 16.8 Å². The van der Waals surface area contributed by atoms with Crippen molar-refractivity contribution in [3.63, 3.8) is 0 Å². The zero-order valence-corrected chi connectivity index (χ0v) is 23.2. The molecule has 0 spiro atoms. The molecule has 1 heterocycles. The Kier molecular flexibility index (Phi) is 8.02. The third kappa shape index (κ3) is 5.97. The molecular formula is C24H22Br2N2O5S2. The van der Waals surface area contributed by atoms with Gasteiger partial charge in [0, 0.05) is 39.6 Å². The lowest BCUT2D eigenvalue weighted by atomic mass is 10.2. The van der Waals surface area contributed by atoms with Crippen molar-refractivity contribution in [2.24, 2.45) is 0 Å². The highest BCUT2D eigenvalue weighted by Crippen LogP contribution is 2.31. The van der Waals surface area contributed by atoms with Gasteiger partial charge in [-0.15, -0.1) is 0 Å². The Hall–Kier alpha value is -2.18. The molecule has 3 aromatic rings. The molecule has 0 aromatic heterocycles. The summed E-state index contributed by atoms with van der Waals surface area (Å²) in [5, 5.41) is 2.87. The minimum atomic E-state index is -4.37. The molecule has 4 rings (SSSR count). The van der Waals surface area contributed by atoms with Gasteiger partial charge in [0.2, 0.25) is 19.7 Å². The molecule has 0 bridgehead atoms. The standard InChI is InChI=1S/C24H22Br2N2O5S2/c25-18-1-9-22(10-2-18)34(29,30)24(35(31,32)23-11-3-19(26)4-12-23)17-27-20-5-7-21(8-6-20)28-13-15-33-16-14-28/h1-12,17,27H,13-16H2. The molecule has 11 heteroatoms. The summed E-state index contributed by atoms with van der Waals surface area (Å²) in [6.45, 7) is 2.89. The van der Waals surface area contributed by atoms with Crippen molar-refractivity contribution in [3.05, 3.63) is 92.2 Å². The van der Waals surface area contributed by atoms with Gasteiger partial charge in [-0.3, -0.25) is 0 Å². The summed E-state index contributed by atoms with van der Waals surface area (Å²) in [6.07, 6.45) is 1.04. The SMILES string of the molecule is O=S(=O)(C(=CNc1ccc(N2CCOCC2)cc1)S(=O)(=O)c1ccc(Br)cc1)c1ccc(Br)cc1. The first kappa shape index (κ1) is 25.9. The van der Waals surface area contributed by atoms with Crippen molar-refractivity contribution in [2.45, 2.75) is 9.79 Å². The molecule has 184 valence electrons. The molecule has 1 aliphatic heterocycles. The first-order chi connectivity index (χ1) is 16.7. The van der Waals surface area contributed by atoms with Gasteiger partial charge in [0.05, 0.1) is 23.0 Å². The molecule has 0 aliphatic carbocycles. The van der Waals surface area contributed by atoms with Crippen molar-refractivity contribution in [1.29, 1.82) is 0 Å². The molecule has 0 saturated carbocycles. The van der Waals surface area contributed by atoms with E-state index < -0.39 is 23.9 Å². The number of sulfone groups is 2. The summed E-state index contributed by atoms with van der Waals surface area (Å²) in [4.78, 5) is 1.93. The van der Waals surface area contributed by atoms with Gasteiger partial charge in [-0.05, 0) is 72.8 Å². The van der Waals surface area contributed by atoms with Gasteiger partial charge < -0.3 is 15.0 Å². The van der Waals surface area contributed by atoms with E-state index in [1.807, 2.05) is 12.1 Å². The first-order valence-electron chi connectivity index (χ1n) is 10.6. The molecule has 3 aromatic carbocycles. The van der Waals surface area contributed by atoms with E-state index in [4.69, 9.17) is 4.74 Å². The molecule has 35 heavy (non-hydrogen) atoms. The van der Waals surface area contributed by atoms with Crippen LogP contribution in [0.25, 0.3) is 0 Å². The topological polar surface area (TPSA) is 92.8 Å². The van der Waals surface area contributed by atoms with Crippen LogP contribution in [0, 0.1) is 0 Å². The lowest BCUT2D eigenvalue weighted by Crippen LogP contribution is -2.36. The third-order valence-electron chi connectivity index (χ3n) is 5.38. The predicted octanol–water partition coefficient (Wildman–Crippen LogP) is 5.21. The maximum absolute atomic E-state index is 13.5. The van der Waals surface area contributed by atoms with Gasteiger partial charge in [0.1, 0.15) is 0 Å². The number of hydrogen-bond acceptors (Lipinski definition) is 7. The Morgan fingerprint density at radius 2 is 1.20 bits per heavy atom. The Bertz CT molecular complexity index is 1340. The van der Waals surface area contributed by atoms with Crippen LogP contribution in [-0.2, 0) is 24.4 Å². The highest BCUT2D eigenvalue weighted by molar-refractivity contribution is 9.10. The van der Waals surface area contributed by atoms with Crippen molar-refractivity contribution in [3.8, 4) is 0 Å². The minimum absolute atomic E-state index is 0.128. The summed E-state index contributed by atoms with van der Waals surface area (Å²) < 4.78 is 59.9. The zero-order valence-electron chi connectivity index (χ0n) is 18.4. The highest BCUT2D eigenvalue weighted by Gasteiger charge is 2.33. The third-order valence-corrected chi connectivity index (χ3v) is 10.8. The Morgan fingerprint density at radius 3 is 1.66 bits per heavy atom. The predicted molar refractivity (Wildman–Crippen MR) is 144 cm³/mol. The van der Waals surface area contributed by atoms with Crippen molar-refractivity contribution < 1.29 is 21.6 Å². The van der Waals surface area contributed by atoms with E-state index in [1.54, 1.807) is 36.4 Å². The van der Waals surface area contributed by atoms with E-state index >= 15 is 0 Å². The second-order valence-corrected chi connectivity index (χ2v) is 13.6. The summed E-state index contributed by atoms with van der Waals surface area (Å²) in [5.74, 6) is 0. The summed E-state index contributed by atoms with van der Waals surface area (Å²) >= 11 is 6.55. The Balaban J connectivity index is 1.71. The van der Waals surface area contributed by atoms with Crippen molar-refractivity contribution in [1.82, 2.24) is 0 Å². The van der Waals surface area contributed by atoms with Crippen LogP contribution in [0.3, 0.4) is 0 Å². The average molecular weight is 642 g/mol. The number of morpholine rings is 1. The molecule has 1 N–H and O–H groups in total. The molecular weight excluding hydrogens is 620 g/mol. The maximum Gasteiger partial charge on any atom is 0.219 e. The number of nitrogens with zero attached hydrogens (tertiary/aromatic N) is 1. The number of ether oxygens (including phenoxy) is 1. The Morgan fingerprint density at radius 1 is 0.743 bits per heavy atom. The van der Waals surface area contributed by atoms with Crippen LogP contribution in [0.4, 0.5) is 11.4 Å². The fourth-order valence-electron chi connectivity index (χ4n) is 3.49. The number of benzene rings is 3. The van der Waals surface area contributed by atoms with E-state index in [0.29, 0.717) is 27.8 Å². The second kappa shape index (κ2) is 10.8. The van der Waals surface area contributed by atoms with E-state index in [-0.39, 0.29) is 9.79 Å². The number of halogens is 2. The largest absolute Gasteiger partial charge is 0.378 e. The van der Waals surface area contributed by atoms with Crippen LogP contribution >= 0.6 is 31.9 Å². The number of rotatable bonds is 7. The van der Waals surface area contributed by atoms with Crippen LogP contribution in [0.1, 0.15) is 0 Å². The summed E-state index contributed by atoms with van der Waals surface area (Å²) in [7, 11) is -8.75. The molecule has 0 unspecified atom stereocenters. The molecule has 1 saturated heterocycles. The molecule has 0 radical (unpaired) electrons. The van der Waals surface area contributed by atoms with E-state index in [9.17, 15) is 16.8 Å². The minimum Gasteiger partial charge on any atom is -0.378 e. The normalized spacial score (nSPS) is 14.4. The van der Waals surface area contributed by atoms with Gasteiger partial charge in [0.15, 0.2) is 4.24 Å². The van der Waals surface area contributed by atoms with Crippen LogP contribution in [0.5, 0.6) is 0 Å². The zero-order chi connectivity index (χ0) is 25.1. The monoisotopic (exact) mass is 640 g/mol. The molecule has 1 aliphatic rings. The first-order valence-corrected chi connectivity index (χ1v) is 15.1. The highest BCUT2D eigenvalue weighted by atomic mass is 79.9. The van der Waals surface area contributed by atoms with Gasteiger partial charge in [-0.1, -0.05) is 31.9 Å². The molecule has 7 nitrogen and oxygen atoms in total. The van der Waals surface area contributed by atoms with Crippen LogP contribution in [-0.4, -0.2) is 43.1 Å². The Labute approximate surface area is 221 Å². The van der Waals surface area contributed by atoms with Gasteiger partial charge in [0.25, 0.3) is 0 Å². The van der Waals surface area contributed by atoms with Crippen molar-refractivity contribution in [2.75, 3.05) is 36.5 Å². The number of hydrogen-bond donors (Lipinski definition) is 1.